The maximum atomic E-state index is 5.75. The summed E-state index contributed by atoms with van der Waals surface area (Å²) in [5.41, 5.74) is 2.53. The molecule has 0 aliphatic heterocycles. The molecule has 0 atom stereocenters. The zero-order valence-electron chi connectivity index (χ0n) is 10.8. The molecule has 0 bridgehead atoms. The van der Waals surface area contributed by atoms with E-state index in [2.05, 4.69) is 31.2 Å². The fourth-order valence-corrected chi connectivity index (χ4v) is 1.80. The van der Waals surface area contributed by atoms with Gasteiger partial charge in [0, 0.05) is 6.07 Å². The standard InChI is InChI=1S/C16H18O2/c1-3-13-6-4-7-14(10-13)12-18-16-9-5-8-15(11-16)17-2/h4-11H,3,12H2,1-2H3. The molecule has 18 heavy (non-hydrogen) atoms. The second kappa shape index (κ2) is 6.10. The number of benzene rings is 2. The van der Waals surface area contributed by atoms with Gasteiger partial charge in [-0.05, 0) is 29.7 Å². The molecule has 0 aliphatic carbocycles. The Labute approximate surface area is 108 Å². The van der Waals surface area contributed by atoms with Crippen LogP contribution in [0.3, 0.4) is 0 Å². The molecule has 0 spiro atoms. The van der Waals surface area contributed by atoms with Crippen LogP contribution in [0.25, 0.3) is 0 Å². The maximum Gasteiger partial charge on any atom is 0.123 e. The van der Waals surface area contributed by atoms with Crippen molar-refractivity contribution in [3.8, 4) is 11.5 Å². The van der Waals surface area contributed by atoms with Gasteiger partial charge < -0.3 is 9.47 Å². The van der Waals surface area contributed by atoms with E-state index in [0.29, 0.717) is 6.61 Å². The molecule has 2 heteroatoms. The number of hydrogen-bond acceptors (Lipinski definition) is 2. The van der Waals surface area contributed by atoms with E-state index in [1.54, 1.807) is 7.11 Å². The predicted octanol–water partition coefficient (Wildman–Crippen LogP) is 3.84. The second-order valence-corrected chi connectivity index (χ2v) is 4.14. The molecule has 0 radical (unpaired) electrons. The van der Waals surface area contributed by atoms with Crippen LogP contribution >= 0.6 is 0 Å². The van der Waals surface area contributed by atoms with E-state index in [4.69, 9.17) is 9.47 Å². The van der Waals surface area contributed by atoms with Crippen molar-refractivity contribution in [2.24, 2.45) is 0 Å². The topological polar surface area (TPSA) is 18.5 Å². The van der Waals surface area contributed by atoms with Crippen molar-refractivity contribution in [3.05, 3.63) is 59.7 Å². The van der Waals surface area contributed by atoms with Crippen LogP contribution in [-0.4, -0.2) is 7.11 Å². The highest BCUT2D eigenvalue weighted by molar-refractivity contribution is 5.33. The van der Waals surface area contributed by atoms with Gasteiger partial charge in [-0.25, -0.2) is 0 Å². The largest absolute Gasteiger partial charge is 0.497 e. The highest BCUT2D eigenvalue weighted by Gasteiger charge is 1.99. The molecule has 0 fully saturated rings. The molecule has 2 aromatic carbocycles. The number of methoxy groups -OCH3 is 1. The van der Waals surface area contributed by atoms with E-state index in [1.165, 1.54) is 11.1 Å². The minimum atomic E-state index is 0.584. The summed E-state index contributed by atoms with van der Waals surface area (Å²) in [6.45, 7) is 2.74. The molecule has 0 aliphatic rings. The van der Waals surface area contributed by atoms with Crippen molar-refractivity contribution >= 4 is 0 Å². The van der Waals surface area contributed by atoms with Crippen LogP contribution in [0.1, 0.15) is 18.1 Å². The first kappa shape index (κ1) is 12.5. The SMILES string of the molecule is CCc1cccc(COc2cccc(OC)c2)c1. The predicted molar refractivity (Wildman–Crippen MR) is 73.1 cm³/mol. The van der Waals surface area contributed by atoms with E-state index in [1.807, 2.05) is 24.3 Å². The van der Waals surface area contributed by atoms with Crippen molar-refractivity contribution in [2.45, 2.75) is 20.0 Å². The van der Waals surface area contributed by atoms with E-state index in [0.717, 1.165) is 17.9 Å². The van der Waals surface area contributed by atoms with Gasteiger partial charge in [0.05, 0.1) is 7.11 Å². The molecule has 2 rings (SSSR count). The molecule has 0 aromatic heterocycles. The Morgan fingerprint density at radius 3 is 2.39 bits per heavy atom. The first-order valence-corrected chi connectivity index (χ1v) is 6.16. The van der Waals surface area contributed by atoms with E-state index < -0.39 is 0 Å². The summed E-state index contributed by atoms with van der Waals surface area (Å²) in [4.78, 5) is 0. The van der Waals surface area contributed by atoms with Crippen LogP contribution in [0, 0.1) is 0 Å². The minimum absolute atomic E-state index is 0.584. The monoisotopic (exact) mass is 242 g/mol. The normalized spacial score (nSPS) is 10.1. The zero-order chi connectivity index (χ0) is 12.8. The molecule has 0 amide bonds. The van der Waals surface area contributed by atoms with Crippen LogP contribution in [-0.2, 0) is 13.0 Å². The Morgan fingerprint density at radius 1 is 0.889 bits per heavy atom. The molecule has 0 saturated carbocycles. The van der Waals surface area contributed by atoms with E-state index in [9.17, 15) is 0 Å². The van der Waals surface area contributed by atoms with E-state index in [-0.39, 0.29) is 0 Å². The van der Waals surface area contributed by atoms with Crippen molar-refractivity contribution in [3.63, 3.8) is 0 Å². The number of hydrogen-bond donors (Lipinski definition) is 0. The lowest BCUT2D eigenvalue weighted by molar-refractivity contribution is 0.303. The van der Waals surface area contributed by atoms with Crippen molar-refractivity contribution in [1.29, 1.82) is 0 Å². The number of aryl methyl sites for hydroxylation is 1. The summed E-state index contributed by atoms with van der Waals surface area (Å²) in [6.07, 6.45) is 1.05. The molecule has 2 aromatic rings. The molecule has 0 saturated heterocycles. The summed E-state index contributed by atoms with van der Waals surface area (Å²) in [5.74, 6) is 1.64. The molecule has 0 heterocycles. The smallest absolute Gasteiger partial charge is 0.123 e. The quantitative estimate of drug-likeness (QED) is 0.793. The van der Waals surface area contributed by atoms with Crippen LogP contribution in [0.15, 0.2) is 48.5 Å². The Balaban J connectivity index is 2.01. The van der Waals surface area contributed by atoms with Gasteiger partial charge in [0.2, 0.25) is 0 Å². The van der Waals surface area contributed by atoms with Crippen LogP contribution in [0.4, 0.5) is 0 Å². The van der Waals surface area contributed by atoms with Crippen LogP contribution in [0.5, 0.6) is 11.5 Å². The second-order valence-electron chi connectivity index (χ2n) is 4.14. The lowest BCUT2D eigenvalue weighted by atomic mass is 10.1. The summed E-state index contributed by atoms with van der Waals surface area (Å²) < 4.78 is 10.9. The third-order valence-corrected chi connectivity index (χ3v) is 2.85. The van der Waals surface area contributed by atoms with Gasteiger partial charge >= 0.3 is 0 Å². The van der Waals surface area contributed by atoms with Gasteiger partial charge in [-0.1, -0.05) is 37.3 Å². The maximum absolute atomic E-state index is 5.75. The fourth-order valence-electron chi connectivity index (χ4n) is 1.80. The summed E-state index contributed by atoms with van der Waals surface area (Å²) >= 11 is 0. The van der Waals surface area contributed by atoms with Gasteiger partial charge in [-0.3, -0.25) is 0 Å². The van der Waals surface area contributed by atoms with Gasteiger partial charge in [-0.2, -0.15) is 0 Å². The average molecular weight is 242 g/mol. The first-order chi connectivity index (χ1) is 8.81. The van der Waals surface area contributed by atoms with Gasteiger partial charge in [0.15, 0.2) is 0 Å². The first-order valence-electron chi connectivity index (χ1n) is 6.16. The summed E-state index contributed by atoms with van der Waals surface area (Å²) in [6, 6.07) is 16.1. The fraction of sp³-hybridized carbons (Fsp3) is 0.250. The Hall–Kier alpha value is -1.96. The molecule has 2 nitrogen and oxygen atoms in total. The molecular weight excluding hydrogens is 224 g/mol. The highest BCUT2D eigenvalue weighted by atomic mass is 16.5. The molecule has 0 unspecified atom stereocenters. The van der Waals surface area contributed by atoms with Gasteiger partial charge in [0.25, 0.3) is 0 Å². The Morgan fingerprint density at radius 2 is 1.61 bits per heavy atom. The third-order valence-electron chi connectivity index (χ3n) is 2.85. The zero-order valence-corrected chi connectivity index (χ0v) is 10.8. The Bertz CT molecular complexity index is 458. The van der Waals surface area contributed by atoms with Gasteiger partial charge in [0.1, 0.15) is 18.1 Å². The molecule has 94 valence electrons. The highest BCUT2D eigenvalue weighted by Crippen LogP contribution is 2.20. The molecular formula is C16H18O2. The van der Waals surface area contributed by atoms with E-state index >= 15 is 0 Å². The molecule has 0 N–H and O–H groups in total. The third kappa shape index (κ3) is 3.27. The minimum Gasteiger partial charge on any atom is -0.497 e. The van der Waals surface area contributed by atoms with Crippen LogP contribution < -0.4 is 9.47 Å². The lowest BCUT2D eigenvalue weighted by Gasteiger charge is -2.08. The van der Waals surface area contributed by atoms with Crippen molar-refractivity contribution in [2.75, 3.05) is 7.11 Å². The average Bonchev–Trinajstić information content (AvgIpc) is 2.45. The van der Waals surface area contributed by atoms with Crippen molar-refractivity contribution in [1.82, 2.24) is 0 Å². The Kier molecular flexibility index (Phi) is 4.24. The van der Waals surface area contributed by atoms with Crippen LogP contribution in [0.2, 0.25) is 0 Å². The summed E-state index contributed by atoms with van der Waals surface area (Å²) in [5, 5.41) is 0. The lowest BCUT2D eigenvalue weighted by Crippen LogP contribution is -1.96. The summed E-state index contributed by atoms with van der Waals surface area (Å²) in [7, 11) is 1.66. The van der Waals surface area contributed by atoms with Crippen molar-refractivity contribution < 1.29 is 9.47 Å². The number of ether oxygens (including phenoxy) is 2. The van der Waals surface area contributed by atoms with Gasteiger partial charge in [-0.15, -0.1) is 0 Å². The number of rotatable bonds is 5.